The van der Waals surface area contributed by atoms with Crippen molar-refractivity contribution in [3.63, 3.8) is 0 Å². The number of benzene rings is 1. The van der Waals surface area contributed by atoms with Gasteiger partial charge in [-0.1, -0.05) is 28.1 Å². The molecule has 4 N–H and O–H groups in total. The number of rotatable bonds is 5. The Morgan fingerprint density at radius 3 is 2.40 bits per heavy atom. The fourth-order valence-electron chi connectivity index (χ4n) is 4.19. The number of carboxylic acid groups (broad SMARTS) is 1. The maximum Gasteiger partial charge on any atom is 0.490 e. The highest BCUT2D eigenvalue weighted by Gasteiger charge is 2.38. The summed E-state index contributed by atoms with van der Waals surface area (Å²) in [5.41, 5.74) is 6.92. The number of nitrogens with one attached hydrogen (secondary N) is 1. The quantitative estimate of drug-likeness (QED) is 0.472. The Hall–Kier alpha value is -2.45. The molecule has 9 nitrogen and oxygen atoms in total. The summed E-state index contributed by atoms with van der Waals surface area (Å²) in [6.07, 6.45) is -2.52. The number of aromatic amines is 1. The molecule has 1 aromatic carbocycles. The molecule has 3 heterocycles. The zero-order chi connectivity index (χ0) is 25.6. The number of H-pyrrole nitrogens is 1. The average Bonchev–Trinajstić information content (AvgIpc) is 3.27. The summed E-state index contributed by atoms with van der Waals surface area (Å²) >= 11 is 3.49. The smallest absolute Gasteiger partial charge is 0.475 e. The number of carboxylic acids is 1. The number of aromatic nitrogens is 3. The van der Waals surface area contributed by atoms with Gasteiger partial charge in [0, 0.05) is 36.2 Å². The van der Waals surface area contributed by atoms with Crippen LogP contribution in [0.3, 0.4) is 0 Å². The number of piperidine rings is 1. The minimum Gasteiger partial charge on any atom is -0.475 e. The number of hydrogen-bond donors (Lipinski definition) is 3. The van der Waals surface area contributed by atoms with Crippen molar-refractivity contribution in [3.05, 3.63) is 34.3 Å². The van der Waals surface area contributed by atoms with Crippen molar-refractivity contribution in [2.45, 2.75) is 43.6 Å². The van der Waals surface area contributed by atoms with Gasteiger partial charge in [0.25, 0.3) is 0 Å². The van der Waals surface area contributed by atoms with Crippen LogP contribution in [0.2, 0.25) is 0 Å². The molecule has 0 bridgehead atoms. The van der Waals surface area contributed by atoms with Gasteiger partial charge < -0.3 is 20.5 Å². The minimum absolute atomic E-state index is 0.264. The first-order valence-electron chi connectivity index (χ1n) is 11.0. The van der Waals surface area contributed by atoms with Crippen LogP contribution in [0.5, 0.6) is 0 Å². The lowest BCUT2D eigenvalue weighted by molar-refractivity contribution is -0.192. The van der Waals surface area contributed by atoms with E-state index in [4.69, 9.17) is 20.4 Å². The third-order valence-corrected chi connectivity index (χ3v) is 6.44. The number of carbonyl (C=O) groups is 1. The van der Waals surface area contributed by atoms with Gasteiger partial charge >= 0.3 is 12.1 Å². The number of nitrogen functional groups attached to an aromatic ring is 1. The van der Waals surface area contributed by atoms with E-state index in [1.807, 2.05) is 0 Å². The highest BCUT2D eigenvalue weighted by Crippen LogP contribution is 2.27. The number of anilines is 2. The highest BCUT2D eigenvalue weighted by molar-refractivity contribution is 9.10. The summed E-state index contributed by atoms with van der Waals surface area (Å²) in [7, 11) is 0. The van der Waals surface area contributed by atoms with E-state index in [-0.39, 0.29) is 12.1 Å². The average molecular weight is 567 g/mol. The SMILES string of the molecule is Nc1nc(N2CCC(N3C[C@H](CF)OC[C@@H]3Cc3ccc(Br)cc3)CC2)n[nH]1.O=C(O)C(F)(F)F. The Labute approximate surface area is 207 Å². The lowest BCUT2D eigenvalue weighted by atomic mass is 9.96. The third kappa shape index (κ3) is 7.77. The molecule has 0 aliphatic carbocycles. The predicted molar refractivity (Wildman–Crippen MR) is 124 cm³/mol. The number of halogens is 5. The van der Waals surface area contributed by atoms with Crippen molar-refractivity contribution in [2.75, 3.05) is 43.5 Å². The van der Waals surface area contributed by atoms with Crippen LogP contribution in [-0.4, -0.2) is 88.4 Å². The molecule has 2 aliphatic rings. The van der Waals surface area contributed by atoms with Crippen LogP contribution in [0.25, 0.3) is 0 Å². The molecule has 0 saturated carbocycles. The summed E-state index contributed by atoms with van der Waals surface area (Å²) in [6, 6.07) is 9.08. The summed E-state index contributed by atoms with van der Waals surface area (Å²) in [4.78, 5) is 17.7. The molecule has 0 radical (unpaired) electrons. The molecule has 0 unspecified atom stereocenters. The Kier molecular flexibility index (Phi) is 9.30. The maximum absolute atomic E-state index is 13.3. The number of aliphatic carboxylic acids is 1. The van der Waals surface area contributed by atoms with Crippen molar-refractivity contribution in [3.8, 4) is 0 Å². The second-order valence-corrected chi connectivity index (χ2v) is 9.25. The van der Waals surface area contributed by atoms with Gasteiger partial charge in [-0.3, -0.25) is 4.90 Å². The molecular formula is C21H27BrF4N6O3. The topological polar surface area (TPSA) is 121 Å². The minimum atomic E-state index is -5.08. The largest absolute Gasteiger partial charge is 0.490 e. The number of hydrogen-bond acceptors (Lipinski definition) is 7. The lowest BCUT2D eigenvalue weighted by Crippen LogP contribution is -2.57. The molecule has 2 aromatic rings. The molecule has 0 amide bonds. The Balaban J connectivity index is 0.000000429. The lowest BCUT2D eigenvalue weighted by Gasteiger charge is -2.46. The van der Waals surface area contributed by atoms with Crippen LogP contribution in [0.4, 0.5) is 29.5 Å². The van der Waals surface area contributed by atoms with Gasteiger partial charge in [0.1, 0.15) is 6.67 Å². The molecule has 35 heavy (non-hydrogen) atoms. The number of alkyl halides is 4. The van der Waals surface area contributed by atoms with E-state index < -0.39 is 18.8 Å². The van der Waals surface area contributed by atoms with E-state index in [0.717, 1.165) is 36.8 Å². The van der Waals surface area contributed by atoms with Crippen LogP contribution in [-0.2, 0) is 16.0 Å². The maximum atomic E-state index is 13.3. The third-order valence-electron chi connectivity index (χ3n) is 5.91. The van der Waals surface area contributed by atoms with E-state index in [1.54, 1.807) is 0 Å². The van der Waals surface area contributed by atoms with E-state index >= 15 is 0 Å². The highest BCUT2D eigenvalue weighted by atomic mass is 79.9. The molecule has 2 atom stereocenters. The summed E-state index contributed by atoms with van der Waals surface area (Å²) < 4.78 is 51.9. The summed E-state index contributed by atoms with van der Waals surface area (Å²) in [6.45, 7) is 2.52. The first-order valence-corrected chi connectivity index (χ1v) is 11.8. The van der Waals surface area contributed by atoms with Crippen LogP contribution in [0, 0.1) is 0 Å². The summed E-state index contributed by atoms with van der Waals surface area (Å²) in [5, 5.41) is 14.0. The Morgan fingerprint density at radius 1 is 1.26 bits per heavy atom. The molecule has 14 heteroatoms. The van der Waals surface area contributed by atoms with Gasteiger partial charge in [-0.15, -0.1) is 5.10 Å². The van der Waals surface area contributed by atoms with Crippen molar-refractivity contribution in [1.29, 1.82) is 0 Å². The van der Waals surface area contributed by atoms with Gasteiger partial charge in [-0.25, -0.2) is 14.3 Å². The zero-order valence-electron chi connectivity index (χ0n) is 18.7. The number of nitrogens with zero attached hydrogens (tertiary/aromatic N) is 4. The van der Waals surface area contributed by atoms with Crippen molar-refractivity contribution in [2.24, 2.45) is 0 Å². The van der Waals surface area contributed by atoms with Crippen LogP contribution in [0.1, 0.15) is 18.4 Å². The molecular weight excluding hydrogens is 540 g/mol. The molecule has 1 aromatic heterocycles. The molecule has 2 saturated heterocycles. The first-order chi connectivity index (χ1) is 16.6. The number of nitrogens with two attached hydrogens (primary N) is 1. The first kappa shape index (κ1) is 27.1. The zero-order valence-corrected chi connectivity index (χ0v) is 20.3. The van der Waals surface area contributed by atoms with E-state index in [9.17, 15) is 17.6 Å². The van der Waals surface area contributed by atoms with Gasteiger partial charge in [-0.05, 0) is 37.0 Å². The van der Waals surface area contributed by atoms with E-state index in [0.29, 0.717) is 31.1 Å². The number of morpholine rings is 1. The van der Waals surface area contributed by atoms with E-state index in [2.05, 4.69) is 65.2 Å². The second-order valence-electron chi connectivity index (χ2n) is 8.33. The molecule has 194 valence electrons. The van der Waals surface area contributed by atoms with E-state index in [1.165, 1.54) is 5.56 Å². The summed E-state index contributed by atoms with van der Waals surface area (Å²) in [5.74, 6) is -1.76. The Bertz CT molecular complexity index is 953. The molecule has 0 spiro atoms. The predicted octanol–water partition coefficient (Wildman–Crippen LogP) is 3.03. The fourth-order valence-corrected chi connectivity index (χ4v) is 4.46. The van der Waals surface area contributed by atoms with Crippen molar-refractivity contribution >= 4 is 33.8 Å². The normalized spacial score (nSPS) is 21.9. The second kappa shape index (κ2) is 12.0. The van der Waals surface area contributed by atoms with Crippen molar-refractivity contribution < 1.29 is 32.2 Å². The molecule has 2 fully saturated rings. The van der Waals surface area contributed by atoms with Gasteiger partial charge in [-0.2, -0.15) is 18.2 Å². The van der Waals surface area contributed by atoms with Gasteiger partial charge in [0.05, 0.1) is 12.7 Å². The van der Waals surface area contributed by atoms with Crippen LogP contribution in [0.15, 0.2) is 28.7 Å². The monoisotopic (exact) mass is 566 g/mol. The van der Waals surface area contributed by atoms with Gasteiger partial charge in [0.15, 0.2) is 0 Å². The Morgan fingerprint density at radius 2 is 1.89 bits per heavy atom. The fraction of sp³-hybridized carbons (Fsp3) is 0.571. The van der Waals surface area contributed by atoms with Crippen LogP contribution < -0.4 is 10.6 Å². The molecule has 2 aliphatic heterocycles. The standard InChI is InChI=1S/C19H26BrFN6O.C2HF3O2/c20-14-3-1-13(2-4-14)9-16-12-28-17(10-21)11-27(16)15-5-7-26(8-6-15)19-23-18(22)24-25-19;3-2(4,5)1(6)7/h1-4,15-17H,5-12H2,(H3,22,23,24,25);(H,6,7)/t16-,17-;/m0./s1. The van der Waals surface area contributed by atoms with Crippen LogP contribution >= 0.6 is 15.9 Å². The van der Waals surface area contributed by atoms with Crippen molar-refractivity contribution in [1.82, 2.24) is 20.1 Å². The molecule has 4 rings (SSSR count). The number of ether oxygens (including phenoxy) is 1. The van der Waals surface area contributed by atoms with Gasteiger partial charge in [0.2, 0.25) is 11.9 Å².